The van der Waals surface area contributed by atoms with Gasteiger partial charge in [-0.3, -0.25) is 4.90 Å². The van der Waals surface area contributed by atoms with Crippen LogP contribution in [0.1, 0.15) is 23.6 Å². The summed E-state index contributed by atoms with van der Waals surface area (Å²) in [5, 5.41) is 0. The normalized spacial score (nSPS) is 12.6. The van der Waals surface area contributed by atoms with Gasteiger partial charge < -0.3 is 5.73 Å². The second kappa shape index (κ2) is 7.83. The molecular formula is C18H24N2. The number of nitrogens with zero attached hydrogens (tertiary/aromatic N) is 1. The van der Waals surface area contributed by atoms with Gasteiger partial charge in [0.05, 0.1) is 0 Å². The topological polar surface area (TPSA) is 29.3 Å². The predicted molar refractivity (Wildman–Crippen MR) is 85.6 cm³/mol. The number of hydrogen-bond donors (Lipinski definition) is 1. The molecule has 106 valence electrons. The van der Waals surface area contributed by atoms with Gasteiger partial charge in [-0.05, 0) is 44.1 Å². The Morgan fingerprint density at radius 3 is 2.15 bits per heavy atom. The first-order valence-electron chi connectivity index (χ1n) is 7.30. The summed E-state index contributed by atoms with van der Waals surface area (Å²) in [5.41, 5.74) is 8.39. The summed E-state index contributed by atoms with van der Waals surface area (Å²) >= 11 is 0. The molecule has 20 heavy (non-hydrogen) atoms. The van der Waals surface area contributed by atoms with Gasteiger partial charge in [-0.1, -0.05) is 60.7 Å². The minimum absolute atomic E-state index is 0.408. The molecule has 0 bridgehead atoms. The van der Waals surface area contributed by atoms with Gasteiger partial charge in [-0.25, -0.2) is 0 Å². The summed E-state index contributed by atoms with van der Waals surface area (Å²) < 4.78 is 0. The summed E-state index contributed by atoms with van der Waals surface area (Å²) in [4.78, 5) is 2.41. The molecule has 1 atom stereocenters. The first kappa shape index (κ1) is 14.8. The highest BCUT2D eigenvalue weighted by Crippen LogP contribution is 2.24. The first-order chi connectivity index (χ1) is 9.81. The Morgan fingerprint density at radius 2 is 1.55 bits per heavy atom. The van der Waals surface area contributed by atoms with E-state index in [9.17, 15) is 0 Å². The third-order valence-electron chi connectivity index (χ3n) is 3.70. The van der Waals surface area contributed by atoms with Gasteiger partial charge in [0.2, 0.25) is 0 Å². The van der Waals surface area contributed by atoms with Crippen LogP contribution < -0.4 is 5.73 Å². The van der Waals surface area contributed by atoms with E-state index in [1.165, 1.54) is 11.1 Å². The van der Waals surface area contributed by atoms with Crippen molar-refractivity contribution in [1.82, 2.24) is 4.90 Å². The van der Waals surface area contributed by atoms with Crippen molar-refractivity contribution in [2.24, 2.45) is 5.73 Å². The summed E-state index contributed by atoms with van der Waals surface area (Å²) in [6, 6.07) is 21.8. The van der Waals surface area contributed by atoms with Crippen LogP contribution in [0.15, 0.2) is 60.7 Å². The molecule has 0 amide bonds. The standard InChI is InChI=1S/C18H24N2/c1-20(14-8-13-19)18(17-11-6-3-7-12-17)15-16-9-4-2-5-10-16/h2-7,9-12,18H,8,13-15,19H2,1H3. The molecule has 0 aliphatic heterocycles. The highest BCUT2D eigenvalue weighted by atomic mass is 15.1. The lowest BCUT2D eigenvalue weighted by atomic mass is 9.97. The fourth-order valence-electron chi connectivity index (χ4n) is 2.54. The van der Waals surface area contributed by atoms with Crippen molar-refractivity contribution in [2.45, 2.75) is 18.9 Å². The molecule has 0 aromatic heterocycles. The van der Waals surface area contributed by atoms with Gasteiger partial charge in [-0.2, -0.15) is 0 Å². The largest absolute Gasteiger partial charge is 0.330 e. The van der Waals surface area contributed by atoms with Crippen LogP contribution in [0.25, 0.3) is 0 Å². The van der Waals surface area contributed by atoms with Gasteiger partial charge in [0, 0.05) is 6.04 Å². The molecule has 0 heterocycles. The Balaban J connectivity index is 2.16. The molecule has 2 N–H and O–H groups in total. The van der Waals surface area contributed by atoms with Crippen LogP contribution in [0.4, 0.5) is 0 Å². The van der Waals surface area contributed by atoms with Crippen LogP contribution in [0.5, 0.6) is 0 Å². The zero-order valence-electron chi connectivity index (χ0n) is 12.2. The highest BCUT2D eigenvalue weighted by molar-refractivity contribution is 5.23. The molecule has 0 radical (unpaired) electrons. The van der Waals surface area contributed by atoms with Crippen LogP contribution in [0.3, 0.4) is 0 Å². The van der Waals surface area contributed by atoms with E-state index in [2.05, 4.69) is 72.6 Å². The summed E-state index contributed by atoms with van der Waals surface area (Å²) in [6.07, 6.45) is 2.07. The molecular weight excluding hydrogens is 244 g/mol. The van der Waals surface area contributed by atoms with E-state index in [1.807, 2.05) is 0 Å². The van der Waals surface area contributed by atoms with Crippen molar-refractivity contribution in [3.05, 3.63) is 71.8 Å². The van der Waals surface area contributed by atoms with Gasteiger partial charge in [-0.15, -0.1) is 0 Å². The number of likely N-dealkylation sites (N-methyl/N-ethyl adjacent to an activating group) is 1. The van der Waals surface area contributed by atoms with Gasteiger partial charge in [0.1, 0.15) is 0 Å². The second-order valence-electron chi connectivity index (χ2n) is 5.24. The summed E-state index contributed by atoms with van der Waals surface area (Å²) in [6.45, 7) is 1.78. The van der Waals surface area contributed by atoms with E-state index in [0.29, 0.717) is 6.04 Å². The predicted octanol–water partition coefficient (Wildman–Crippen LogP) is 3.25. The van der Waals surface area contributed by atoms with Gasteiger partial charge >= 0.3 is 0 Å². The maximum Gasteiger partial charge on any atom is 0.0385 e. The quantitative estimate of drug-likeness (QED) is 0.835. The Hall–Kier alpha value is -1.64. The zero-order valence-corrected chi connectivity index (χ0v) is 12.2. The minimum atomic E-state index is 0.408. The number of hydrogen-bond acceptors (Lipinski definition) is 2. The van der Waals surface area contributed by atoms with Crippen molar-refractivity contribution in [3.63, 3.8) is 0 Å². The average molecular weight is 268 g/mol. The average Bonchev–Trinajstić information content (AvgIpc) is 2.52. The summed E-state index contributed by atoms with van der Waals surface area (Å²) in [7, 11) is 2.19. The molecule has 2 aromatic rings. The molecule has 0 aliphatic rings. The Kier molecular flexibility index (Phi) is 5.78. The molecule has 2 aromatic carbocycles. The Bertz CT molecular complexity index is 481. The Morgan fingerprint density at radius 1 is 0.950 bits per heavy atom. The van der Waals surface area contributed by atoms with E-state index in [0.717, 1.165) is 25.9 Å². The van der Waals surface area contributed by atoms with Crippen LogP contribution >= 0.6 is 0 Å². The van der Waals surface area contributed by atoms with Gasteiger partial charge in [0.15, 0.2) is 0 Å². The third kappa shape index (κ3) is 4.19. The minimum Gasteiger partial charge on any atom is -0.330 e. The van der Waals surface area contributed by atoms with E-state index >= 15 is 0 Å². The number of benzene rings is 2. The van der Waals surface area contributed by atoms with Crippen molar-refractivity contribution in [2.75, 3.05) is 20.1 Å². The van der Waals surface area contributed by atoms with Crippen LogP contribution in [0.2, 0.25) is 0 Å². The van der Waals surface area contributed by atoms with Crippen molar-refractivity contribution < 1.29 is 0 Å². The molecule has 0 saturated carbocycles. The fourth-order valence-corrected chi connectivity index (χ4v) is 2.54. The van der Waals surface area contributed by atoms with E-state index in [4.69, 9.17) is 5.73 Å². The Labute approximate surface area is 122 Å². The van der Waals surface area contributed by atoms with E-state index in [-0.39, 0.29) is 0 Å². The molecule has 0 saturated heterocycles. The lowest BCUT2D eigenvalue weighted by Crippen LogP contribution is -2.28. The van der Waals surface area contributed by atoms with Crippen LogP contribution in [0, 0.1) is 0 Å². The first-order valence-corrected chi connectivity index (χ1v) is 7.30. The molecule has 2 nitrogen and oxygen atoms in total. The second-order valence-corrected chi connectivity index (χ2v) is 5.24. The van der Waals surface area contributed by atoms with Crippen molar-refractivity contribution >= 4 is 0 Å². The molecule has 0 aliphatic carbocycles. The fraction of sp³-hybridized carbons (Fsp3) is 0.333. The molecule has 0 spiro atoms. The van der Waals surface area contributed by atoms with Crippen molar-refractivity contribution in [1.29, 1.82) is 0 Å². The van der Waals surface area contributed by atoms with E-state index < -0.39 is 0 Å². The lowest BCUT2D eigenvalue weighted by Gasteiger charge is -2.28. The van der Waals surface area contributed by atoms with Crippen LogP contribution in [-0.4, -0.2) is 25.0 Å². The SMILES string of the molecule is CN(CCCN)C(Cc1ccccc1)c1ccccc1. The number of rotatable bonds is 7. The highest BCUT2D eigenvalue weighted by Gasteiger charge is 2.16. The molecule has 2 heteroatoms. The van der Waals surface area contributed by atoms with Crippen LogP contribution in [-0.2, 0) is 6.42 Å². The van der Waals surface area contributed by atoms with Crippen molar-refractivity contribution in [3.8, 4) is 0 Å². The monoisotopic (exact) mass is 268 g/mol. The van der Waals surface area contributed by atoms with Gasteiger partial charge in [0.25, 0.3) is 0 Å². The molecule has 1 unspecified atom stereocenters. The van der Waals surface area contributed by atoms with E-state index in [1.54, 1.807) is 0 Å². The molecule has 0 fully saturated rings. The lowest BCUT2D eigenvalue weighted by molar-refractivity contribution is 0.242. The maximum atomic E-state index is 5.64. The zero-order chi connectivity index (χ0) is 14.2. The molecule has 2 rings (SSSR count). The third-order valence-corrected chi connectivity index (χ3v) is 3.70. The smallest absolute Gasteiger partial charge is 0.0385 e. The summed E-state index contributed by atoms with van der Waals surface area (Å²) in [5.74, 6) is 0. The maximum absolute atomic E-state index is 5.64. The number of nitrogens with two attached hydrogens (primary N) is 1.